The fourth-order valence-corrected chi connectivity index (χ4v) is 2.41. The Hall–Kier alpha value is -0.763. The Kier molecular flexibility index (Phi) is 3.84. The zero-order valence-corrected chi connectivity index (χ0v) is 10.2. The van der Waals surface area contributed by atoms with Crippen molar-refractivity contribution in [3.63, 3.8) is 0 Å². The van der Waals surface area contributed by atoms with Crippen molar-refractivity contribution in [2.24, 2.45) is 0 Å². The largest absolute Gasteiger partial charge is 0.372 e. The monoisotopic (exact) mass is 216 g/mol. The molecule has 0 aliphatic carbocycles. The highest BCUT2D eigenvalue weighted by molar-refractivity contribution is 6.08. The van der Waals surface area contributed by atoms with Gasteiger partial charge in [0, 0.05) is 29.0 Å². The number of rotatable bonds is 2. The number of hydrogen-bond donors (Lipinski definition) is 0. The van der Waals surface area contributed by atoms with E-state index in [0.29, 0.717) is 0 Å². The van der Waals surface area contributed by atoms with Crippen LogP contribution in [0.3, 0.4) is 0 Å². The van der Waals surface area contributed by atoms with Gasteiger partial charge >= 0.3 is 0 Å². The van der Waals surface area contributed by atoms with Crippen LogP contribution in [0.5, 0.6) is 0 Å². The Bertz CT molecular complexity index is 303. The molecule has 15 heavy (non-hydrogen) atoms. The third-order valence-electron chi connectivity index (χ3n) is 3.09. The molecule has 0 bridgehead atoms. The van der Waals surface area contributed by atoms with Crippen LogP contribution >= 0.6 is 0 Å². The summed E-state index contributed by atoms with van der Waals surface area (Å²) in [5.74, 6) is 0. The van der Waals surface area contributed by atoms with Crippen molar-refractivity contribution in [2.45, 2.75) is 31.7 Å². The van der Waals surface area contributed by atoms with Crippen molar-refractivity contribution in [2.75, 3.05) is 18.0 Å². The van der Waals surface area contributed by atoms with E-state index in [9.17, 15) is 0 Å². The molecule has 1 aliphatic heterocycles. The molecule has 1 heterocycles. The third kappa shape index (κ3) is 2.85. The molecule has 0 N–H and O–H groups in total. The van der Waals surface area contributed by atoms with Gasteiger partial charge < -0.3 is 4.90 Å². The number of hydrogen-bond acceptors (Lipinski definition) is 1. The van der Waals surface area contributed by atoms with Crippen molar-refractivity contribution >= 4 is 15.9 Å². The molecule has 3 radical (unpaired) electrons. The number of anilines is 1. The van der Waals surface area contributed by atoms with E-state index in [1.807, 2.05) is 0 Å². The predicted molar refractivity (Wildman–Crippen MR) is 66.6 cm³/mol. The molecular formula is C13H18NSi. The quantitative estimate of drug-likeness (QED) is 0.687. The molecule has 1 aromatic rings. The van der Waals surface area contributed by atoms with Gasteiger partial charge in [-0.05, 0) is 36.6 Å². The van der Waals surface area contributed by atoms with E-state index in [4.69, 9.17) is 0 Å². The first-order valence-electron chi connectivity index (χ1n) is 5.88. The lowest BCUT2D eigenvalue weighted by molar-refractivity contribution is 0.726. The van der Waals surface area contributed by atoms with Crippen LogP contribution in [-0.2, 0) is 6.04 Å². The first kappa shape index (κ1) is 10.7. The van der Waals surface area contributed by atoms with Gasteiger partial charge in [-0.2, -0.15) is 0 Å². The van der Waals surface area contributed by atoms with Crippen molar-refractivity contribution in [1.29, 1.82) is 0 Å². The minimum absolute atomic E-state index is 0.946. The van der Waals surface area contributed by atoms with Gasteiger partial charge in [-0.15, -0.1) is 0 Å². The molecule has 0 saturated carbocycles. The summed E-state index contributed by atoms with van der Waals surface area (Å²) in [5, 5.41) is 0. The molecule has 1 aromatic carbocycles. The number of nitrogens with zero attached hydrogens (tertiary/aromatic N) is 1. The summed E-state index contributed by atoms with van der Waals surface area (Å²) in [6.07, 6.45) is 5.48. The minimum atomic E-state index is 0.946. The van der Waals surface area contributed by atoms with Gasteiger partial charge in [0.1, 0.15) is 0 Å². The lowest BCUT2D eigenvalue weighted by Gasteiger charge is -2.23. The van der Waals surface area contributed by atoms with E-state index in [1.165, 1.54) is 50.0 Å². The summed E-state index contributed by atoms with van der Waals surface area (Å²) in [4.78, 5) is 2.53. The van der Waals surface area contributed by atoms with Crippen molar-refractivity contribution < 1.29 is 0 Å². The Labute approximate surface area is 95.9 Å². The number of benzene rings is 1. The normalized spacial score (nSPS) is 17.5. The maximum Gasteiger partial charge on any atom is 0.0368 e. The maximum atomic E-state index is 3.56. The summed E-state index contributed by atoms with van der Waals surface area (Å²) < 4.78 is 0. The zero-order chi connectivity index (χ0) is 10.5. The second-order valence-corrected chi connectivity index (χ2v) is 4.60. The van der Waals surface area contributed by atoms with Gasteiger partial charge in [0.15, 0.2) is 0 Å². The molecule has 0 atom stereocenters. The van der Waals surface area contributed by atoms with E-state index in [0.717, 1.165) is 6.04 Å². The van der Waals surface area contributed by atoms with Crippen LogP contribution in [0.1, 0.15) is 31.2 Å². The molecule has 2 rings (SSSR count). The van der Waals surface area contributed by atoms with Gasteiger partial charge in [0.2, 0.25) is 0 Å². The highest BCUT2D eigenvalue weighted by Crippen LogP contribution is 2.20. The van der Waals surface area contributed by atoms with Crippen molar-refractivity contribution in [3.05, 3.63) is 29.8 Å². The molecule has 79 valence electrons. The van der Waals surface area contributed by atoms with Gasteiger partial charge in [-0.25, -0.2) is 0 Å². The third-order valence-corrected chi connectivity index (χ3v) is 3.49. The molecular weight excluding hydrogens is 198 g/mol. The highest BCUT2D eigenvalue weighted by Gasteiger charge is 2.09. The average Bonchev–Trinajstić information content (AvgIpc) is 2.58. The molecule has 0 spiro atoms. The van der Waals surface area contributed by atoms with Crippen LogP contribution in [0.4, 0.5) is 5.69 Å². The maximum absolute atomic E-state index is 3.56. The predicted octanol–water partition coefficient (Wildman–Crippen LogP) is 2.74. The molecule has 1 nitrogen and oxygen atoms in total. The molecule has 0 unspecified atom stereocenters. The molecule has 0 amide bonds. The van der Waals surface area contributed by atoms with E-state index >= 15 is 0 Å². The van der Waals surface area contributed by atoms with Gasteiger partial charge in [-0.1, -0.05) is 25.0 Å². The summed E-state index contributed by atoms with van der Waals surface area (Å²) in [7, 11) is 3.56. The minimum Gasteiger partial charge on any atom is -0.372 e. The molecule has 1 saturated heterocycles. The summed E-state index contributed by atoms with van der Waals surface area (Å²) in [6.45, 7) is 2.45. The second kappa shape index (κ2) is 5.36. The van der Waals surface area contributed by atoms with Crippen LogP contribution in [0.2, 0.25) is 0 Å². The molecule has 1 fully saturated rings. The average molecular weight is 216 g/mol. The zero-order valence-electron chi connectivity index (χ0n) is 9.21. The van der Waals surface area contributed by atoms with Crippen LogP contribution in [0.15, 0.2) is 24.3 Å². The topological polar surface area (TPSA) is 3.24 Å². The Morgan fingerprint density at radius 2 is 1.80 bits per heavy atom. The van der Waals surface area contributed by atoms with Crippen LogP contribution in [0.25, 0.3) is 0 Å². The van der Waals surface area contributed by atoms with Gasteiger partial charge in [-0.3, -0.25) is 0 Å². The van der Waals surface area contributed by atoms with E-state index in [-0.39, 0.29) is 0 Å². The molecule has 2 heteroatoms. The fourth-order valence-electron chi connectivity index (χ4n) is 2.19. The lowest BCUT2D eigenvalue weighted by Crippen LogP contribution is -2.23. The van der Waals surface area contributed by atoms with Crippen LogP contribution in [-0.4, -0.2) is 23.3 Å². The summed E-state index contributed by atoms with van der Waals surface area (Å²) >= 11 is 0. The van der Waals surface area contributed by atoms with Gasteiger partial charge in [0.25, 0.3) is 0 Å². The molecule has 0 aromatic heterocycles. The Balaban J connectivity index is 2.12. The van der Waals surface area contributed by atoms with E-state index < -0.39 is 0 Å². The fraction of sp³-hybridized carbons (Fsp3) is 0.538. The highest BCUT2D eigenvalue weighted by atomic mass is 28.1. The second-order valence-electron chi connectivity index (χ2n) is 4.25. The first-order chi connectivity index (χ1) is 7.40. The summed E-state index contributed by atoms with van der Waals surface area (Å²) in [6, 6.07) is 9.82. The van der Waals surface area contributed by atoms with Crippen LogP contribution in [0, 0.1) is 0 Å². The summed E-state index contributed by atoms with van der Waals surface area (Å²) in [5.41, 5.74) is 2.76. The first-order valence-corrected chi connectivity index (χ1v) is 6.59. The Morgan fingerprint density at radius 3 is 2.47 bits per heavy atom. The van der Waals surface area contributed by atoms with Crippen molar-refractivity contribution in [1.82, 2.24) is 0 Å². The van der Waals surface area contributed by atoms with E-state index in [2.05, 4.69) is 39.4 Å². The standard InChI is InChI=1S/C13H18NSi/c15-11-12-6-5-7-13(10-12)14-8-3-1-2-4-9-14/h5-7,10H,1-4,8-9,11H2. The van der Waals surface area contributed by atoms with Gasteiger partial charge in [0.05, 0.1) is 0 Å². The lowest BCUT2D eigenvalue weighted by atomic mass is 10.2. The van der Waals surface area contributed by atoms with Crippen molar-refractivity contribution in [3.8, 4) is 0 Å². The Morgan fingerprint density at radius 1 is 1.07 bits per heavy atom. The molecule has 1 aliphatic rings. The SMILES string of the molecule is [Si]Cc1cccc(N2CCCCCC2)c1. The van der Waals surface area contributed by atoms with E-state index in [1.54, 1.807) is 0 Å². The smallest absolute Gasteiger partial charge is 0.0368 e. The van der Waals surface area contributed by atoms with Crippen LogP contribution < -0.4 is 4.90 Å².